The SMILES string of the molecule is CCC(C)CS(=O)CCCC(=O)Nc1ccc(N)cc1Cl. The Balaban J connectivity index is 2.33. The Kier molecular flexibility index (Phi) is 7.75. The van der Waals surface area contributed by atoms with Crippen molar-refractivity contribution in [1.82, 2.24) is 0 Å². The Hall–Kier alpha value is -1.07. The summed E-state index contributed by atoms with van der Waals surface area (Å²) in [4.78, 5) is 11.8. The zero-order valence-electron chi connectivity index (χ0n) is 12.5. The molecule has 0 aliphatic rings. The van der Waals surface area contributed by atoms with Gasteiger partial charge in [0.15, 0.2) is 0 Å². The van der Waals surface area contributed by atoms with Gasteiger partial charge < -0.3 is 11.1 Å². The van der Waals surface area contributed by atoms with Gasteiger partial charge in [-0.3, -0.25) is 9.00 Å². The van der Waals surface area contributed by atoms with Gasteiger partial charge in [-0.25, -0.2) is 0 Å². The lowest BCUT2D eigenvalue weighted by molar-refractivity contribution is -0.116. The summed E-state index contributed by atoms with van der Waals surface area (Å²) in [5.41, 5.74) is 6.70. The standard InChI is InChI=1S/C15H23ClN2O2S/c1-3-11(2)10-21(20)8-4-5-15(19)18-14-7-6-12(17)9-13(14)16/h6-7,9,11H,3-5,8,10,17H2,1-2H3,(H,18,19). The van der Waals surface area contributed by atoms with Crippen LogP contribution in [0.15, 0.2) is 18.2 Å². The highest BCUT2D eigenvalue weighted by Gasteiger charge is 2.09. The second-order valence-electron chi connectivity index (χ2n) is 5.22. The molecule has 0 aromatic heterocycles. The van der Waals surface area contributed by atoms with E-state index in [2.05, 4.69) is 19.2 Å². The van der Waals surface area contributed by atoms with E-state index in [9.17, 15) is 9.00 Å². The fraction of sp³-hybridized carbons (Fsp3) is 0.533. The minimum absolute atomic E-state index is 0.123. The molecule has 0 heterocycles. The number of carbonyl (C=O) groups is 1. The summed E-state index contributed by atoms with van der Waals surface area (Å²) in [6, 6.07) is 4.96. The third-order valence-electron chi connectivity index (χ3n) is 3.21. The van der Waals surface area contributed by atoms with Gasteiger partial charge in [0.25, 0.3) is 0 Å². The number of hydrogen-bond donors (Lipinski definition) is 2. The Labute approximate surface area is 133 Å². The van der Waals surface area contributed by atoms with Crippen LogP contribution in [0.3, 0.4) is 0 Å². The number of nitrogens with one attached hydrogen (secondary N) is 1. The lowest BCUT2D eigenvalue weighted by Crippen LogP contribution is -2.15. The Morgan fingerprint density at radius 1 is 1.48 bits per heavy atom. The second kappa shape index (κ2) is 9.05. The molecule has 2 atom stereocenters. The third kappa shape index (κ3) is 6.96. The van der Waals surface area contributed by atoms with E-state index in [1.807, 2.05) is 0 Å². The van der Waals surface area contributed by atoms with Crippen molar-refractivity contribution in [2.45, 2.75) is 33.1 Å². The number of carbonyl (C=O) groups excluding carboxylic acids is 1. The molecular weight excluding hydrogens is 308 g/mol. The van der Waals surface area contributed by atoms with E-state index in [1.165, 1.54) is 0 Å². The van der Waals surface area contributed by atoms with Gasteiger partial charge in [0.2, 0.25) is 5.91 Å². The van der Waals surface area contributed by atoms with E-state index < -0.39 is 10.8 Å². The molecule has 2 unspecified atom stereocenters. The van der Waals surface area contributed by atoms with Gasteiger partial charge in [-0.1, -0.05) is 31.9 Å². The van der Waals surface area contributed by atoms with E-state index in [4.69, 9.17) is 17.3 Å². The highest BCUT2D eigenvalue weighted by molar-refractivity contribution is 7.84. The predicted molar refractivity (Wildman–Crippen MR) is 91.1 cm³/mol. The van der Waals surface area contributed by atoms with Gasteiger partial charge in [0, 0.05) is 34.4 Å². The van der Waals surface area contributed by atoms with Crippen molar-refractivity contribution in [3.05, 3.63) is 23.2 Å². The highest BCUT2D eigenvalue weighted by Crippen LogP contribution is 2.24. The molecule has 0 saturated heterocycles. The first-order valence-corrected chi connectivity index (χ1v) is 8.98. The number of rotatable bonds is 8. The van der Waals surface area contributed by atoms with Crippen LogP contribution in [0.25, 0.3) is 0 Å². The maximum absolute atomic E-state index is 11.8. The zero-order valence-corrected chi connectivity index (χ0v) is 14.1. The van der Waals surface area contributed by atoms with Crippen molar-refractivity contribution in [3.8, 4) is 0 Å². The van der Waals surface area contributed by atoms with E-state index in [0.717, 1.165) is 6.42 Å². The van der Waals surface area contributed by atoms with E-state index in [1.54, 1.807) is 18.2 Å². The number of nitrogens with two attached hydrogens (primary N) is 1. The van der Waals surface area contributed by atoms with Crippen LogP contribution >= 0.6 is 11.6 Å². The topological polar surface area (TPSA) is 72.2 Å². The largest absolute Gasteiger partial charge is 0.399 e. The molecule has 0 spiro atoms. The fourth-order valence-electron chi connectivity index (χ4n) is 1.76. The lowest BCUT2D eigenvalue weighted by Gasteiger charge is -2.09. The number of hydrogen-bond acceptors (Lipinski definition) is 3. The van der Waals surface area contributed by atoms with Gasteiger partial charge in [0.1, 0.15) is 0 Å². The smallest absolute Gasteiger partial charge is 0.224 e. The molecule has 1 aromatic rings. The molecule has 21 heavy (non-hydrogen) atoms. The molecule has 4 nitrogen and oxygen atoms in total. The molecule has 0 saturated carbocycles. The number of nitrogen functional groups attached to an aromatic ring is 1. The summed E-state index contributed by atoms with van der Waals surface area (Å²) in [5, 5.41) is 3.16. The molecule has 1 rings (SSSR count). The molecule has 3 N–H and O–H groups in total. The van der Waals surface area contributed by atoms with Crippen molar-refractivity contribution in [2.24, 2.45) is 5.92 Å². The van der Waals surface area contributed by atoms with Crippen molar-refractivity contribution >= 4 is 39.7 Å². The van der Waals surface area contributed by atoms with Crippen LogP contribution < -0.4 is 11.1 Å². The van der Waals surface area contributed by atoms with E-state index >= 15 is 0 Å². The van der Waals surface area contributed by atoms with Crippen LogP contribution in [0.1, 0.15) is 33.1 Å². The molecule has 0 aliphatic heterocycles. The Bertz CT molecular complexity index is 508. The number of benzene rings is 1. The molecule has 0 bridgehead atoms. The van der Waals surface area contributed by atoms with Crippen molar-refractivity contribution in [1.29, 1.82) is 0 Å². The first-order valence-electron chi connectivity index (χ1n) is 7.12. The van der Waals surface area contributed by atoms with Crippen molar-refractivity contribution in [3.63, 3.8) is 0 Å². The molecule has 0 radical (unpaired) electrons. The van der Waals surface area contributed by atoms with Crippen LogP contribution in [0, 0.1) is 5.92 Å². The molecule has 1 amide bonds. The van der Waals surface area contributed by atoms with Crippen LogP contribution in [-0.2, 0) is 15.6 Å². The fourth-order valence-corrected chi connectivity index (χ4v) is 3.50. The molecule has 1 aromatic carbocycles. The van der Waals surface area contributed by atoms with Gasteiger partial charge in [-0.05, 0) is 30.5 Å². The average Bonchev–Trinajstić information content (AvgIpc) is 2.41. The summed E-state index contributed by atoms with van der Waals surface area (Å²) < 4.78 is 11.8. The minimum atomic E-state index is -0.843. The van der Waals surface area contributed by atoms with Gasteiger partial charge in [0.05, 0.1) is 10.7 Å². The quantitative estimate of drug-likeness (QED) is 0.717. The zero-order chi connectivity index (χ0) is 15.8. The Morgan fingerprint density at radius 2 is 2.19 bits per heavy atom. The Morgan fingerprint density at radius 3 is 2.81 bits per heavy atom. The second-order valence-corrected chi connectivity index (χ2v) is 7.24. The first-order chi connectivity index (χ1) is 9.92. The molecule has 118 valence electrons. The maximum Gasteiger partial charge on any atom is 0.224 e. The lowest BCUT2D eigenvalue weighted by atomic mass is 10.2. The van der Waals surface area contributed by atoms with Crippen LogP contribution in [0.2, 0.25) is 5.02 Å². The van der Waals surface area contributed by atoms with Crippen molar-refractivity contribution < 1.29 is 9.00 Å². The third-order valence-corrected chi connectivity index (χ3v) is 5.21. The molecule has 6 heteroatoms. The normalized spacial score (nSPS) is 13.7. The van der Waals surface area contributed by atoms with Crippen LogP contribution in [0.5, 0.6) is 0 Å². The summed E-state index contributed by atoms with van der Waals surface area (Å²) in [6.07, 6.45) is 1.98. The minimum Gasteiger partial charge on any atom is -0.399 e. The monoisotopic (exact) mass is 330 g/mol. The van der Waals surface area contributed by atoms with Crippen molar-refractivity contribution in [2.75, 3.05) is 22.6 Å². The number of amides is 1. The molecular formula is C15H23ClN2O2S. The van der Waals surface area contributed by atoms with Gasteiger partial charge in [-0.15, -0.1) is 0 Å². The summed E-state index contributed by atoms with van der Waals surface area (Å²) in [5.74, 6) is 1.62. The first kappa shape index (κ1) is 18.0. The maximum atomic E-state index is 11.8. The summed E-state index contributed by atoms with van der Waals surface area (Å²) in [6.45, 7) is 4.18. The molecule has 0 aliphatic carbocycles. The molecule has 0 fully saturated rings. The van der Waals surface area contributed by atoms with E-state index in [0.29, 0.717) is 46.7 Å². The number of anilines is 2. The average molecular weight is 331 g/mol. The van der Waals surface area contributed by atoms with E-state index in [-0.39, 0.29) is 5.91 Å². The summed E-state index contributed by atoms with van der Waals surface area (Å²) >= 11 is 5.99. The van der Waals surface area contributed by atoms with Crippen LogP contribution in [-0.4, -0.2) is 21.6 Å². The summed E-state index contributed by atoms with van der Waals surface area (Å²) in [7, 11) is -0.843. The van der Waals surface area contributed by atoms with Crippen LogP contribution in [0.4, 0.5) is 11.4 Å². The number of halogens is 1. The predicted octanol–water partition coefficient (Wildman–Crippen LogP) is 3.44. The van der Waals surface area contributed by atoms with Gasteiger partial charge >= 0.3 is 0 Å². The highest BCUT2D eigenvalue weighted by atomic mass is 35.5. The van der Waals surface area contributed by atoms with Gasteiger partial charge in [-0.2, -0.15) is 0 Å².